The number of amides is 2. The summed E-state index contributed by atoms with van der Waals surface area (Å²) in [5.74, 6) is 0.448. The number of nitrogens with one attached hydrogen (secondary N) is 1. The van der Waals surface area contributed by atoms with Crippen LogP contribution in [-0.4, -0.2) is 85.1 Å². The molecule has 0 radical (unpaired) electrons. The maximum absolute atomic E-state index is 12.8. The molecule has 0 aliphatic carbocycles. The summed E-state index contributed by atoms with van der Waals surface area (Å²) in [6.45, 7) is 3.59. The van der Waals surface area contributed by atoms with Crippen LogP contribution in [0, 0.1) is 6.92 Å². The maximum Gasteiger partial charge on any atom is 0.290 e. The van der Waals surface area contributed by atoms with Crippen molar-refractivity contribution in [2.45, 2.75) is 38.8 Å². The van der Waals surface area contributed by atoms with Gasteiger partial charge in [0.05, 0.1) is 12.6 Å². The van der Waals surface area contributed by atoms with Gasteiger partial charge in [0.15, 0.2) is 0 Å². The molecule has 2 aromatic heterocycles. The molecule has 2 aliphatic heterocycles. The van der Waals surface area contributed by atoms with E-state index in [0.29, 0.717) is 49.6 Å². The number of aromatic nitrogens is 3. The first-order valence-corrected chi connectivity index (χ1v) is 10.4. The van der Waals surface area contributed by atoms with Crippen LogP contribution in [0.2, 0.25) is 0 Å². The molecule has 11 nitrogen and oxygen atoms in total. The molecule has 2 aromatic rings. The number of fused-ring (bicyclic) bond motifs is 1. The number of aryl methyl sites for hydroxylation is 1. The van der Waals surface area contributed by atoms with Gasteiger partial charge in [-0.1, -0.05) is 0 Å². The lowest BCUT2D eigenvalue weighted by atomic mass is 10.2. The zero-order valence-corrected chi connectivity index (χ0v) is 17.9. The highest BCUT2D eigenvalue weighted by Gasteiger charge is 2.31. The fourth-order valence-corrected chi connectivity index (χ4v) is 4.16. The quantitative estimate of drug-likeness (QED) is 0.558. The Balaban J connectivity index is 0.000000913. The summed E-state index contributed by atoms with van der Waals surface area (Å²) in [5, 5.41) is 16.4. The van der Waals surface area contributed by atoms with Gasteiger partial charge in [0, 0.05) is 56.1 Å². The second-order valence-electron chi connectivity index (χ2n) is 7.78. The standard InChI is InChI=1S/C20H25N5O4.CH2O2/c1-13-9-14(10-18(27)21-13)19(28)23-6-4-17-22-16(11-24(17)8-7-23)20(29)25-5-2-3-15(25)12-26;2-1-3/h9-11,15,26H,2-8,12H2,1H3,(H,21,27);1H,(H,2,3). The van der Waals surface area contributed by atoms with E-state index in [4.69, 9.17) is 9.90 Å². The number of rotatable bonds is 3. The number of aliphatic hydroxyl groups is 1. The highest BCUT2D eigenvalue weighted by Crippen LogP contribution is 2.20. The lowest BCUT2D eigenvalue weighted by Gasteiger charge is -2.22. The largest absolute Gasteiger partial charge is 0.483 e. The molecule has 1 saturated heterocycles. The van der Waals surface area contributed by atoms with Crippen molar-refractivity contribution < 1.29 is 24.6 Å². The van der Waals surface area contributed by atoms with Gasteiger partial charge < -0.3 is 29.6 Å². The van der Waals surface area contributed by atoms with Gasteiger partial charge in [0.1, 0.15) is 11.5 Å². The third-order valence-electron chi connectivity index (χ3n) is 5.66. The molecule has 0 aromatic carbocycles. The normalized spacial score (nSPS) is 17.8. The molecule has 3 N–H and O–H groups in total. The summed E-state index contributed by atoms with van der Waals surface area (Å²) in [5.41, 5.74) is 1.13. The van der Waals surface area contributed by atoms with Crippen molar-refractivity contribution in [3.05, 3.63) is 51.5 Å². The molecule has 0 bridgehead atoms. The van der Waals surface area contributed by atoms with Gasteiger partial charge in [-0.05, 0) is 25.8 Å². The van der Waals surface area contributed by atoms with Crippen molar-refractivity contribution in [2.24, 2.45) is 0 Å². The van der Waals surface area contributed by atoms with Gasteiger partial charge in [0.2, 0.25) is 5.56 Å². The smallest absolute Gasteiger partial charge is 0.290 e. The minimum absolute atomic E-state index is 0.0296. The number of carboxylic acid groups (broad SMARTS) is 1. The van der Waals surface area contributed by atoms with Crippen LogP contribution in [0.25, 0.3) is 0 Å². The number of pyridine rings is 1. The number of aromatic amines is 1. The molecule has 2 amide bonds. The number of carbonyl (C=O) groups is 3. The van der Waals surface area contributed by atoms with E-state index in [0.717, 1.165) is 18.7 Å². The highest BCUT2D eigenvalue weighted by atomic mass is 16.3. The summed E-state index contributed by atoms with van der Waals surface area (Å²) in [7, 11) is 0. The van der Waals surface area contributed by atoms with Crippen molar-refractivity contribution in [1.82, 2.24) is 24.3 Å². The Labute approximate surface area is 184 Å². The summed E-state index contributed by atoms with van der Waals surface area (Å²) in [6.07, 6.45) is 3.98. The van der Waals surface area contributed by atoms with E-state index in [1.165, 1.54) is 6.07 Å². The lowest BCUT2D eigenvalue weighted by Crippen LogP contribution is -2.38. The second kappa shape index (κ2) is 10.2. The number of hydrogen-bond acceptors (Lipinski definition) is 6. The van der Waals surface area contributed by atoms with E-state index in [2.05, 4.69) is 9.97 Å². The first-order valence-electron chi connectivity index (χ1n) is 10.4. The Hall–Kier alpha value is -3.47. The Bertz CT molecular complexity index is 1020. The average Bonchev–Trinajstić information content (AvgIpc) is 3.35. The zero-order valence-electron chi connectivity index (χ0n) is 17.9. The fourth-order valence-electron chi connectivity index (χ4n) is 4.16. The molecule has 11 heteroatoms. The SMILES string of the molecule is Cc1cc(C(=O)N2CCc3nc(C(=O)N4CCCC4CO)cn3CC2)cc(=O)[nH]1.O=CO. The van der Waals surface area contributed by atoms with Gasteiger partial charge in [0.25, 0.3) is 18.3 Å². The Morgan fingerprint density at radius 1 is 1.22 bits per heavy atom. The van der Waals surface area contributed by atoms with Crippen molar-refractivity contribution in [1.29, 1.82) is 0 Å². The molecule has 32 heavy (non-hydrogen) atoms. The highest BCUT2D eigenvalue weighted by molar-refractivity contribution is 5.94. The van der Waals surface area contributed by atoms with E-state index in [9.17, 15) is 19.5 Å². The number of likely N-dealkylation sites (tertiary alicyclic amines) is 1. The van der Waals surface area contributed by atoms with Crippen LogP contribution in [0.1, 0.15) is 45.2 Å². The third-order valence-corrected chi connectivity index (χ3v) is 5.66. The number of carbonyl (C=O) groups excluding carboxylic acids is 2. The van der Waals surface area contributed by atoms with Crippen LogP contribution < -0.4 is 5.56 Å². The van der Waals surface area contributed by atoms with Gasteiger partial charge in [-0.2, -0.15) is 0 Å². The van der Waals surface area contributed by atoms with Gasteiger partial charge >= 0.3 is 0 Å². The van der Waals surface area contributed by atoms with E-state index in [1.807, 2.05) is 4.57 Å². The molecule has 2 aliphatic rings. The molecule has 172 valence electrons. The molecule has 1 unspecified atom stereocenters. The number of aliphatic hydroxyl groups excluding tert-OH is 1. The van der Waals surface area contributed by atoms with Crippen LogP contribution in [0.4, 0.5) is 0 Å². The minimum atomic E-state index is -0.289. The second-order valence-corrected chi connectivity index (χ2v) is 7.78. The number of nitrogens with zero attached hydrogens (tertiary/aromatic N) is 4. The molecule has 1 fully saturated rings. The molecule has 0 saturated carbocycles. The first kappa shape index (κ1) is 23.2. The first-order chi connectivity index (χ1) is 15.4. The van der Waals surface area contributed by atoms with Crippen LogP contribution in [0.5, 0.6) is 0 Å². The topological polar surface area (TPSA) is 149 Å². The maximum atomic E-state index is 12.8. The van der Waals surface area contributed by atoms with E-state index in [-0.39, 0.29) is 36.5 Å². The van der Waals surface area contributed by atoms with Crippen molar-refractivity contribution in [3.63, 3.8) is 0 Å². The predicted molar refractivity (Wildman–Crippen MR) is 113 cm³/mol. The molecular weight excluding hydrogens is 418 g/mol. The van der Waals surface area contributed by atoms with E-state index in [1.54, 1.807) is 29.0 Å². The lowest BCUT2D eigenvalue weighted by molar-refractivity contribution is -0.122. The summed E-state index contributed by atoms with van der Waals surface area (Å²) in [4.78, 5) is 56.2. The summed E-state index contributed by atoms with van der Waals surface area (Å²) in [6, 6.07) is 2.87. The Kier molecular flexibility index (Phi) is 7.41. The zero-order chi connectivity index (χ0) is 23.3. The van der Waals surface area contributed by atoms with Crippen molar-refractivity contribution in [3.8, 4) is 0 Å². The van der Waals surface area contributed by atoms with Crippen LogP contribution in [-0.2, 0) is 17.8 Å². The van der Waals surface area contributed by atoms with Crippen LogP contribution in [0.3, 0.4) is 0 Å². The number of H-pyrrole nitrogens is 1. The van der Waals surface area contributed by atoms with Gasteiger partial charge in [-0.15, -0.1) is 0 Å². The van der Waals surface area contributed by atoms with Crippen LogP contribution in [0.15, 0.2) is 23.1 Å². The summed E-state index contributed by atoms with van der Waals surface area (Å²) >= 11 is 0. The Morgan fingerprint density at radius 2 is 1.97 bits per heavy atom. The minimum Gasteiger partial charge on any atom is -0.483 e. The molecule has 0 spiro atoms. The summed E-state index contributed by atoms with van der Waals surface area (Å²) < 4.78 is 1.92. The molecule has 1 atom stereocenters. The van der Waals surface area contributed by atoms with E-state index >= 15 is 0 Å². The average molecular weight is 445 g/mol. The van der Waals surface area contributed by atoms with Crippen molar-refractivity contribution >= 4 is 18.3 Å². The monoisotopic (exact) mass is 445 g/mol. The predicted octanol–water partition coefficient (Wildman–Crippen LogP) is -0.124. The van der Waals surface area contributed by atoms with Crippen molar-refractivity contribution in [2.75, 3.05) is 26.2 Å². The number of hydrogen-bond donors (Lipinski definition) is 3. The molecule has 4 heterocycles. The Morgan fingerprint density at radius 3 is 2.66 bits per heavy atom. The number of imidazole rings is 1. The molecular formula is C21H27N5O6. The van der Waals surface area contributed by atoms with E-state index < -0.39 is 0 Å². The third kappa shape index (κ3) is 5.05. The van der Waals surface area contributed by atoms with Gasteiger partial charge in [-0.25, -0.2) is 4.98 Å². The van der Waals surface area contributed by atoms with Gasteiger partial charge in [-0.3, -0.25) is 19.2 Å². The fraction of sp³-hybridized carbons (Fsp3) is 0.476. The molecule has 4 rings (SSSR count). The van der Waals surface area contributed by atoms with Crippen LogP contribution >= 0.6 is 0 Å².